The molecule has 1 amide bonds. The van der Waals surface area contributed by atoms with Gasteiger partial charge in [-0.15, -0.1) is 0 Å². The van der Waals surface area contributed by atoms with Crippen LogP contribution in [-0.4, -0.2) is 21.8 Å². The largest absolute Gasteiger partial charge is 0.444 e. The summed E-state index contributed by atoms with van der Waals surface area (Å²) in [5.74, 6) is 0.339. The summed E-state index contributed by atoms with van der Waals surface area (Å²) >= 11 is 3.24. The van der Waals surface area contributed by atoms with Gasteiger partial charge in [-0.25, -0.2) is 9.78 Å². The van der Waals surface area contributed by atoms with E-state index in [0.717, 1.165) is 0 Å². The molecule has 0 aliphatic heterocycles. The molecule has 6 heteroatoms. The molecule has 0 aromatic carbocycles. The molecule has 1 aromatic rings. The van der Waals surface area contributed by atoms with Gasteiger partial charge in [0.2, 0.25) is 0 Å². The molecule has 0 aliphatic carbocycles. The number of nitrogens with zero attached hydrogens (tertiary/aromatic N) is 1. The fraction of sp³-hybridized carbons (Fsp3) is 0.455. The molecule has 0 radical (unpaired) electrons. The molecule has 0 atom stereocenters. The number of carbonyl (C=O) groups excluding carboxylic acids is 1. The Morgan fingerprint density at radius 1 is 1.59 bits per heavy atom. The minimum Gasteiger partial charge on any atom is -0.444 e. The SMILES string of the molecule is CC(C)(C)OC(=O)Nc1cc(CO)c(Br)cn1. The maximum atomic E-state index is 11.5. The summed E-state index contributed by atoms with van der Waals surface area (Å²) in [6.07, 6.45) is 0.939. The molecule has 0 aliphatic rings. The van der Waals surface area contributed by atoms with Crippen molar-refractivity contribution in [3.63, 3.8) is 0 Å². The lowest BCUT2D eigenvalue weighted by molar-refractivity contribution is 0.0635. The normalized spacial score (nSPS) is 11.1. The van der Waals surface area contributed by atoms with Crippen LogP contribution in [0.2, 0.25) is 0 Å². The standard InChI is InChI=1S/C11H15BrN2O3/c1-11(2,3)17-10(16)14-9-4-7(6-15)8(12)5-13-9/h4-5,15H,6H2,1-3H3,(H,13,14,16). The van der Waals surface area contributed by atoms with Gasteiger partial charge in [0.25, 0.3) is 0 Å². The van der Waals surface area contributed by atoms with Crippen LogP contribution in [0.3, 0.4) is 0 Å². The number of carbonyl (C=O) groups is 1. The van der Waals surface area contributed by atoms with Gasteiger partial charge in [0.15, 0.2) is 0 Å². The van der Waals surface area contributed by atoms with Crippen LogP contribution in [0.15, 0.2) is 16.7 Å². The summed E-state index contributed by atoms with van der Waals surface area (Å²) in [6.45, 7) is 5.20. The monoisotopic (exact) mass is 302 g/mol. The summed E-state index contributed by atoms with van der Waals surface area (Å²) in [4.78, 5) is 15.5. The Hall–Kier alpha value is -1.14. The van der Waals surface area contributed by atoms with Crippen molar-refractivity contribution >= 4 is 27.8 Å². The van der Waals surface area contributed by atoms with Gasteiger partial charge in [-0.3, -0.25) is 5.32 Å². The van der Waals surface area contributed by atoms with E-state index in [1.807, 2.05) is 0 Å². The van der Waals surface area contributed by atoms with Crippen LogP contribution in [0.5, 0.6) is 0 Å². The van der Waals surface area contributed by atoms with Crippen molar-refractivity contribution in [3.05, 3.63) is 22.3 Å². The summed E-state index contributed by atoms with van der Waals surface area (Å²) < 4.78 is 5.77. The molecule has 0 saturated heterocycles. The van der Waals surface area contributed by atoms with Gasteiger partial charge in [0, 0.05) is 10.7 Å². The zero-order valence-corrected chi connectivity index (χ0v) is 11.5. The average molecular weight is 303 g/mol. The lowest BCUT2D eigenvalue weighted by Crippen LogP contribution is -2.27. The Labute approximate surface area is 108 Å². The van der Waals surface area contributed by atoms with Crippen LogP contribution in [0.1, 0.15) is 26.3 Å². The minimum atomic E-state index is -0.573. The van der Waals surface area contributed by atoms with E-state index in [1.54, 1.807) is 26.8 Å². The fourth-order valence-corrected chi connectivity index (χ4v) is 1.42. The number of nitrogens with one attached hydrogen (secondary N) is 1. The van der Waals surface area contributed by atoms with Crippen LogP contribution < -0.4 is 5.32 Å². The van der Waals surface area contributed by atoms with Crippen molar-refractivity contribution < 1.29 is 14.6 Å². The molecule has 1 rings (SSSR count). The van der Waals surface area contributed by atoms with Gasteiger partial charge in [-0.2, -0.15) is 0 Å². The van der Waals surface area contributed by atoms with Crippen molar-refractivity contribution in [2.24, 2.45) is 0 Å². The Bertz CT molecular complexity index is 416. The van der Waals surface area contributed by atoms with E-state index in [9.17, 15) is 4.79 Å². The number of ether oxygens (including phenoxy) is 1. The van der Waals surface area contributed by atoms with Gasteiger partial charge < -0.3 is 9.84 Å². The maximum Gasteiger partial charge on any atom is 0.413 e. The first-order valence-electron chi connectivity index (χ1n) is 5.07. The molecule has 0 bridgehead atoms. The smallest absolute Gasteiger partial charge is 0.413 e. The second-order valence-corrected chi connectivity index (χ2v) is 5.30. The van der Waals surface area contributed by atoms with Gasteiger partial charge in [0.1, 0.15) is 11.4 Å². The van der Waals surface area contributed by atoms with E-state index in [1.165, 1.54) is 6.20 Å². The highest BCUT2D eigenvalue weighted by Crippen LogP contribution is 2.19. The highest BCUT2D eigenvalue weighted by Gasteiger charge is 2.16. The van der Waals surface area contributed by atoms with E-state index >= 15 is 0 Å². The van der Waals surface area contributed by atoms with Crippen LogP contribution in [0, 0.1) is 0 Å². The number of pyridine rings is 1. The topological polar surface area (TPSA) is 71.5 Å². The zero-order valence-electron chi connectivity index (χ0n) is 9.95. The van der Waals surface area contributed by atoms with E-state index in [0.29, 0.717) is 15.9 Å². The maximum absolute atomic E-state index is 11.5. The molecule has 1 heterocycles. The van der Waals surface area contributed by atoms with E-state index in [-0.39, 0.29) is 6.61 Å². The number of hydrogen-bond acceptors (Lipinski definition) is 4. The molecular weight excluding hydrogens is 288 g/mol. The molecule has 0 fully saturated rings. The summed E-state index contributed by atoms with van der Waals surface area (Å²) in [5.41, 5.74) is 0.0882. The number of aliphatic hydroxyl groups excluding tert-OH is 1. The van der Waals surface area contributed by atoms with Gasteiger partial charge in [0.05, 0.1) is 6.61 Å². The zero-order chi connectivity index (χ0) is 13.1. The first kappa shape index (κ1) is 13.9. The van der Waals surface area contributed by atoms with Gasteiger partial charge >= 0.3 is 6.09 Å². The van der Waals surface area contributed by atoms with Crippen molar-refractivity contribution in [1.82, 2.24) is 4.98 Å². The van der Waals surface area contributed by atoms with Crippen LogP contribution in [0.25, 0.3) is 0 Å². The van der Waals surface area contributed by atoms with E-state index in [4.69, 9.17) is 9.84 Å². The highest BCUT2D eigenvalue weighted by molar-refractivity contribution is 9.10. The Kier molecular flexibility index (Phi) is 4.47. The fourth-order valence-electron chi connectivity index (χ4n) is 1.08. The molecule has 94 valence electrons. The molecule has 0 spiro atoms. The number of aliphatic hydroxyl groups is 1. The van der Waals surface area contributed by atoms with Crippen LogP contribution >= 0.6 is 15.9 Å². The third-order valence-corrected chi connectivity index (χ3v) is 2.45. The number of amides is 1. The highest BCUT2D eigenvalue weighted by atomic mass is 79.9. The molecule has 17 heavy (non-hydrogen) atoms. The summed E-state index contributed by atoms with van der Waals surface area (Å²) in [5, 5.41) is 11.6. The van der Waals surface area contributed by atoms with Crippen molar-refractivity contribution in [2.75, 3.05) is 5.32 Å². The Morgan fingerprint density at radius 2 is 2.24 bits per heavy atom. The third-order valence-electron chi connectivity index (χ3n) is 1.73. The summed E-state index contributed by atoms with van der Waals surface area (Å²) in [7, 11) is 0. The average Bonchev–Trinajstić information content (AvgIpc) is 2.18. The second kappa shape index (κ2) is 5.46. The van der Waals surface area contributed by atoms with Gasteiger partial charge in [-0.1, -0.05) is 0 Å². The van der Waals surface area contributed by atoms with E-state index < -0.39 is 11.7 Å². The minimum absolute atomic E-state index is 0.133. The number of aromatic nitrogens is 1. The van der Waals surface area contributed by atoms with Crippen molar-refractivity contribution in [1.29, 1.82) is 0 Å². The van der Waals surface area contributed by atoms with Crippen molar-refractivity contribution in [3.8, 4) is 0 Å². The van der Waals surface area contributed by atoms with Crippen molar-refractivity contribution in [2.45, 2.75) is 33.0 Å². The second-order valence-electron chi connectivity index (χ2n) is 4.45. The predicted molar refractivity (Wildman–Crippen MR) is 67.7 cm³/mol. The number of halogens is 1. The van der Waals surface area contributed by atoms with Gasteiger partial charge in [-0.05, 0) is 48.3 Å². The number of rotatable bonds is 2. The Morgan fingerprint density at radius 3 is 2.76 bits per heavy atom. The molecular formula is C11H15BrN2O3. The molecule has 0 unspecified atom stereocenters. The van der Waals surface area contributed by atoms with Crippen LogP contribution in [-0.2, 0) is 11.3 Å². The summed E-state index contributed by atoms with van der Waals surface area (Å²) in [6, 6.07) is 1.58. The molecule has 1 aromatic heterocycles. The predicted octanol–water partition coefficient (Wildman–Crippen LogP) is 2.68. The lowest BCUT2D eigenvalue weighted by Gasteiger charge is -2.19. The first-order valence-corrected chi connectivity index (χ1v) is 5.86. The van der Waals surface area contributed by atoms with E-state index in [2.05, 4.69) is 26.2 Å². The molecule has 5 nitrogen and oxygen atoms in total. The quantitative estimate of drug-likeness (QED) is 0.881. The van der Waals surface area contributed by atoms with Crippen LogP contribution in [0.4, 0.5) is 10.6 Å². The number of anilines is 1. The Balaban J connectivity index is 2.72. The molecule has 2 N–H and O–H groups in total. The third kappa shape index (κ3) is 4.70. The molecule has 0 saturated carbocycles. The first-order chi connectivity index (χ1) is 7.81. The lowest BCUT2D eigenvalue weighted by atomic mass is 10.2. The number of hydrogen-bond donors (Lipinski definition) is 2.